The lowest BCUT2D eigenvalue weighted by molar-refractivity contribution is -0.130. The van der Waals surface area contributed by atoms with E-state index in [4.69, 9.17) is 4.98 Å². The number of benzene rings is 2. The molecule has 3 aromatic rings. The molecule has 0 aliphatic carbocycles. The molecule has 0 radical (unpaired) electrons. The van der Waals surface area contributed by atoms with Crippen molar-refractivity contribution in [1.29, 1.82) is 0 Å². The third-order valence-electron chi connectivity index (χ3n) is 5.90. The summed E-state index contributed by atoms with van der Waals surface area (Å²) in [5, 5.41) is 1.14. The van der Waals surface area contributed by atoms with Crippen LogP contribution in [0.25, 0.3) is 16.6 Å². The van der Waals surface area contributed by atoms with Crippen LogP contribution >= 0.6 is 11.8 Å². The lowest BCUT2D eigenvalue weighted by Crippen LogP contribution is -2.40. The van der Waals surface area contributed by atoms with Crippen molar-refractivity contribution in [2.45, 2.75) is 38.8 Å². The van der Waals surface area contributed by atoms with Gasteiger partial charge in [0, 0.05) is 13.1 Å². The minimum Gasteiger partial charge on any atom is -0.342 e. The van der Waals surface area contributed by atoms with Crippen LogP contribution in [0.3, 0.4) is 0 Å². The molecule has 1 amide bonds. The molecule has 1 atom stereocenters. The minimum absolute atomic E-state index is 0.101. The number of likely N-dealkylation sites (tertiary alicyclic amines) is 1. The number of fused-ring (bicyclic) bond motifs is 1. The van der Waals surface area contributed by atoms with Crippen LogP contribution in [0.1, 0.15) is 30.9 Å². The van der Waals surface area contributed by atoms with E-state index in [9.17, 15) is 9.59 Å². The van der Waals surface area contributed by atoms with E-state index < -0.39 is 0 Å². The van der Waals surface area contributed by atoms with Crippen LogP contribution in [0.2, 0.25) is 0 Å². The molecule has 4 rings (SSSR count). The molecule has 1 fully saturated rings. The molecule has 2 heterocycles. The summed E-state index contributed by atoms with van der Waals surface area (Å²) in [7, 11) is 0. The van der Waals surface area contributed by atoms with E-state index >= 15 is 0 Å². The highest BCUT2D eigenvalue weighted by Gasteiger charge is 2.22. The molecule has 5 nitrogen and oxygen atoms in total. The second kappa shape index (κ2) is 8.64. The van der Waals surface area contributed by atoms with E-state index in [0.717, 1.165) is 36.3 Å². The van der Waals surface area contributed by atoms with Gasteiger partial charge in [-0.15, -0.1) is 0 Å². The maximum atomic E-state index is 13.4. The van der Waals surface area contributed by atoms with Gasteiger partial charge in [0.25, 0.3) is 5.56 Å². The Morgan fingerprint density at radius 3 is 2.77 bits per heavy atom. The molecule has 0 bridgehead atoms. The summed E-state index contributed by atoms with van der Waals surface area (Å²) >= 11 is 1.35. The summed E-state index contributed by atoms with van der Waals surface area (Å²) in [4.78, 5) is 33.0. The second-order valence-corrected chi connectivity index (χ2v) is 9.09. The van der Waals surface area contributed by atoms with Crippen LogP contribution in [0, 0.1) is 19.8 Å². The van der Waals surface area contributed by atoms with Crippen molar-refractivity contribution in [2.24, 2.45) is 5.92 Å². The number of carbonyl (C=O) groups is 1. The van der Waals surface area contributed by atoms with Gasteiger partial charge < -0.3 is 4.90 Å². The number of rotatable bonds is 4. The number of piperidine rings is 1. The zero-order chi connectivity index (χ0) is 21.3. The van der Waals surface area contributed by atoms with Crippen molar-refractivity contribution in [1.82, 2.24) is 14.5 Å². The fourth-order valence-electron chi connectivity index (χ4n) is 4.03. The molecule has 0 N–H and O–H groups in total. The number of aromatic nitrogens is 2. The fraction of sp³-hybridized carbons (Fsp3) is 0.375. The highest BCUT2D eigenvalue weighted by molar-refractivity contribution is 7.99. The number of carbonyl (C=O) groups excluding carboxylic acids is 1. The van der Waals surface area contributed by atoms with Gasteiger partial charge in [0.2, 0.25) is 5.91 Å². The molecule has 156 valence electrons. The third-order valence-corrected chi connectivity index (χ3v) is 6.82. The number of aryl methyl sites for hydroxylation is 1. The maximum Gasteiger partial charge on any atom is 0.266 e. The van der Waals surface area contributed by atoms with Gasteiger partial charge in [-0.25, -0.2) is 4.98 Å². The van der Waals surface area contributed by atoms with Crippen LogP contribution in [-0.2, 0) is 4.79 Å². The molecule has 1 aliphatic heterocycles. The Morgan fingerprint density at radius 1 is 1.17 bits per heavy atom. The second-order valence-electron chi connectivity index (χ2n) is 8.15. The van der Waals surface area contributed by atoms with Crippen molar-refractivity contribution < 1.29 is 4.79 Å². The van der Waals surface area contributed by atoms with Gasteiger partial charge in [0.15, 0.2) is 5.16 Å². The molecule has 2 aromatic carbocycles. The van der Waals surface area contributed by atoms with Crippen LogP contribution in [0.5, 0.6) is 0 Å². The normalized spacial score (nSPS) is 16.8. The Bertz CT molecular complexity index is 1150. The number of hydrogen-bond acceptors (Lipinski definition) is 4. The quantitative estimate of drug-likeness (QED) is 0.464. The van der Waals surface area contributed by atoms with Crippen molar-refractivity contribution in [3.05, 3.63) is 63.9 Å². The molecule has 0 saturated carbocycles. The first-order valence-electron chi connectivity index (χ1n) is 10.4. The predicted octanol–water partition coefficient (Wildman–Crippen LogP) is 4.35. The van der Waals surface area contributed by atoms with Crippen LogP contribution in [0.15, 0.2) is 52.4 Å². The summed E-state index contributed by atoms with van der Waals surface area (Å²) in [5.41, 5.74) is 3.53. The van der Waals surface area contributed by atoms with Crippen molar-refractivity contribution in [3.63, 3.8) is 0 Å². The summed E-state index contributed by atoms with van der Waals surface area (Å²) in [5.74, 6) is 0.934. The Morgan fingerprint density at radius 2 is 1.97 bits per heavy atom. The van der Waals surface area contributed by atoms with E-state index in [1.807, 2.05) is 55.1 Å². The standard InChI is InChI=1S/C24H27N3O2S/c1-16-8-7-13-26(14-16)22(28)15-30-24-25-20-11-5-4-10-19(20)23(29)27(24)21-12-6-9-17(2)18(21)3/h4-6,9-12,16H,7-8,13-15H2,1-3H3/t16-/m1/s1. The average Bonchev–Trinajstić information content (AvgIpc) is 2.74. The molecular weight excluding hydrogens is 394 g/mol. The SMILES string of the molecule is Cc1cccc(-n2c(SCC(=O)N3CCC[C@@H](C)C3)nc3ccccc3c2=O)c1C. The third kappa shape index (κ3) is 4.01. The summed E-state index contributed by atoms with van der Waals surface area (Å²) in [6.07, 6.45) is 2.23. The molecule has 1 aliphatic rings. The number of nitrogens with zero attached hydrogens (tertiary/aromatic N) is 3. The van der Waals surface area contributed by atoms with Gasteiger partial charge in [0.05, 0.1) is 22.3 Å². The molecule has 1 aromatic heterocycles. The van der Waals surface area contributed by atoms with E-state index in [-0.39, 0.29) is 17.2 Å². The molecule has 0 unspecified atom stereocenters. The van der Waals surface area contributed by atoms with E-state index in [2.05, 4.69) is 6.92 Å². The number of hydrogen-bond donors (Lipinski definition) is 0. The zero-order valence-electron chi connectivity index (χ0n) is 17.7. The summed E-state index contributed by atoms with van der Waals surface area (Å²) < 4.78 is 1.67. The average molecular weight is 422 g/mol. The zero-order valence-corrected chi connectivity index (χ0v) is 18.5. The smallest absolute Gasteiger partial charge is 0.266 e. The van der Waals surface area contributed by atoms with E-state index in [1.165, 1.54) is 18.2 Å². The predicted molar refractivity (Wildman–Crippen MR) is 123 cm³/mol. The van der Waals surface area contributed by atoms with Crippen molar-refractivity contribution >= 4 is 28.6 Å². The summed E-state index contributed by atoms with van der Waals surface area (Å²) in [6.45, 7) is 7.87. The molecule has 6 heteroatoms. The van der Waals surface area contributed by atoms with Gasteiger partial charge in [-0.05, 0) is 61.9 Å². The lowest BCUT2D eigenvalue weighted by atomic mass is 10.0. The van der Waals surface area contributed by atoms with Gasteiger partial charge in [-0.2, -0.15) is 0 Å². The fourth-order valence-corrected chi connectivity index (χ4v) is 4.94. The first-order valence-corrected chi connectivity index (χ1v) is 11.4. The Hall–Kier alpha value is -2.60. The van der Waals surface area contributed by atoms with E-state index in [0.29, 0.717) is 22.0 Å². The van der Waals surface area contributed by atoms with Crippen LogP contribution in [0.4, 0.5) is 0 Å². The van der Waals surface area contributed by atoms with Crippen LogP contribution in [-0.4, -0.2) is 39.2 Å². The van der Waals surface area contributed by atoms with Gasteiger partial charge in [-0.1, -0.05) is 43.0 Å². The van der Waals surface area contributed by atoms with Gasteiger partial charge in [0.1, 0.15) is 0 Å². The van der Waals surface area contributed by atoms with Gasteiger partial charge >= 0.3 is 0 Å². The lowest BCUT2D eigenvalue weighted by Gasteiger charge is -2.30. The Labute approximate surface area is 181 Å². The first-order chi connectivity index (χ1) is 14.5. The number of amides is 1. The first kappa shape index (κ1) is 20.7. The Kier molecular flexibility index (Phi) is 5.95. The largest absolute Gasteiger partial charge is 0.342 e. The highest BCUT2D eigenvalue weighted by atomic mass is 32.2. The molecule has 1 saturated heterocycles. The Balaban J connectivity index is 1.74. The topological polar surface area (TPSA) is 55.2 Å². The van der Waals surface area contributed by atoms with E-state index in [1.54, 1.807) is 10.6 Å². The summed E-state index contributed by atoms with van der Waals surface area (Å²) in [6, 6.07) is 13.3. The molecular formula is C24H27N3O2S. The number of thioether (sulfide) groups is 1. The van der Waals surface area contributed by atoms with Gasteiger partial charge in [-0.3, -0.25) is 14.2 Å². The van der Waals surface area contributed by atoms with Crippen molar-refractivity contribution in [2.75, 3.05) is 18.8 Å². The highest BCUT2D eigenvalue weighted by Crippen LogP contribution is 2.25. The maximum absolute atomic E-state index is 13.4. The molecule has 30 heavy (non-hydrogen) atoms. The minimum atomic E-state index is -0.101. The van der Waals surface area contributed by atoms with Crippen LogP contribution < -0.4 is 5.56 Å². The molecule has 0 spiro atoms. The monoisotopic (exact) mass is 421 g/mol. The van der Waals surface area contributed by atoms with Crippen molar-refractivity contribution in [3.8, 4) is 5.69 Å². The number of para-hydroxylation sites is 1.